The Morgan fingerprint density at radius 3 is 2.81 bits per heavy atom. The molecule has 0 spiro atoms. The van der Waals surface area contributed by atoms with Crippen LogP contribution in [0.3, 0.4) is 0 Å². The Kier molecular flexibility index (Phi) is 5.26. The van der Waals surface area contributed by atoms with Crippen molar-refractivity contribution in [2.24, 2.45) is 4.99 Å². The fraction of sp³-hybridized carbons (Fsp3) is 0.308. The summed E-state index contributed by atoms with van der Waals surface area (Å²) < 4.78 is 26.1. The first-order valence-electron chi connectivity index (χ1n) is 6.26. The van der Waals surface area contributed by atoms with Crippen molar-refractivity contribution in [3.63, 3.8) is 0 Å². The molecule has 2 N–H and O–H groups in total. The quantitative estimate of drug-likeness (QED) is 0.880. The molecule has 0 fully saturated rings. The van der Waals surface area contributed by atoms with Gasteiger partial charge in [0.05, 0.1) is 12.1 Å². The number of rotatable bonds is 4. The predicted octanol–water partition coefficient (Wildman–Crippen LogP) is 1.30. The SMILES string of the molecule is O=C(CCNC(=O)c1ccc(F)cc1F)NC1=NCCS1. The van der Waals surface area contributed by atoms with Crippen molar-refractivity contribution >= 4 is 28.7 Å². The highest BCUT2D eigenvalue weighted by Gasteiger charge is 2.14. The number of carbonyl (C=O) groups excluding carboxylic acids is 2. The van der Waals surface area contributed by atoms with Gasteiger partial charge in [0.15, 0.2) is 5.17 Å². The minimum atomic E-state index is -0.936. The summed E-state index contributed by atoms with van der Waals surface area (Å²) in [5, 5.41) is 5.60. The first kappa shape index (κ1) is 15.4. The lowest BCUT2D eigenvalue weighted by molar-refractivity contribution is -0.119. The lowest BCUT2D eigenvalue weighted by Gasteiger charge is -2.07. The Hall–Kier alpha value is -1.96. The van der Waals surface area contributed by atoms with Crippen LogP contribution in [-0.4, -0.2) is 35.8 Å². The summed E-state index contributed by atoms with van der Waals surface area (Å²) in [5.74, 6) is -1.81. The first-order chi connectivity index (χ1) is 10.1. The number of hydrogen-bond acceptors (Lipinski definition) is 4. The summed E-state index contributed by atoms with van der Waals surface area (Å²) in [5.41, 5.74) is -0.257. The highest BCUT2D eigenvalue weighted by atomic mass is 32.2. The van der Waals surface area contributed by atoms with Crippen LogP contribution >= 0.6 is 11.8 Å². The van der Waals surface area contributed by atoms with Gasteiger partial charge in [-0.05, 0) is 12.1 Å². The lowest BCUT2D eigenvalue weighted by Crippen LogP contribution is -2.32. The molecule has 2 amide bonds. The van der Waals surface area contributed by atoms with Gasteiger partial charge in [0.2, 0.25) is 5.91 Å². The summed E-state index contributed by atoms with van der Waals surface area (Å²) in [6.45, 7) is 0.736. The number of nitrogens with zero attached hydrogens (tertiary/aromatic N) is 1. The third-order valence-electron chi connectivity index (χ3n) is 2.65. The van der Waals surface area contributed by atoms with E-state index in [1.807, 2.05) is 0 Å². The van der Waals surface area contributed by atoms with Crippen LogP contribution in [0, 0.1) is 11.6 Å². The third-order valence-corrected chi connectivity index (χ3v) is 3.54. The Morgan fingerprint density at radius 2 is 2.14 bits per heavy atom. The van der Waals surface area contributed by atoms with E-state index in [9.17, 15) is 18.4 Å². The number of amides is 2. The molecule has 0 saturated carbocycles. The van der Waals surface area contributed by atoms with E-state index in [1.54, 1.807) is 0 Å². The monoisotopic (exact) mass is 313 g/mol. The van der Waals surface area contributed by atoms with Crippen LogP contribution in [0.15, 0.2) is 23.2 Å². The van der Waals surface area contributed by atoms with Crippen LogP contribution in [0.5, 0.6) is 0 Å². The van der Waals surface area contributed by atoms with E-state index >= 15 is 0 Å². The van der Waals surface area contributed by atoms with Crippen LogP contribution in [0.4, 0.5) is 8.78 Å². The molecule has 1 heterocycles. The molecule has 0 aromatic heterocycles. The fourth-order valence-corrected chi connectivity index (χ4v) is 2.40. The zero-order chi connectivity index (χ0) is 15.2. The minimum absolute atomic E-state index is 0.0497. The molecular formula is C13H13F2N3O2S. The Morgan fingerprint density at radius 1 is 1.33 bits per heavy atom. The molecule has 0 saturated heterocycles. The maximum atomic E-state index is 13.4. The topological polar surface area (TPSA) is 70.6 Å². The summed E-state index contributed by atoms with van der Waals surface area (Å²) in [4.78, 5) is 27.3. The molecule has 1 aromatic rings. The van der Waals surface area contributed by atoms with Crippen LogP contribution in [0.1, 0.15) is 16.8 Å². The molecule has 21 heavy (non-hydrogen) atoms. The number of amidine groups is 1. The number of carbonyl (C=O) groups is 2. The minimum Gasteiger partial charge on any atom is -0.351 e. The smallest absolute Gasteiger partial charge is 0.254 e. The van der Waals surface area contributed by atoms with Crippen LogP contribution in [0.2, 0.25) is 0 Å². The van der Waals surface area contributed by atoms with Gasteiger partial charge in [0.25, 0.3) is 5.91 Å². The number of hydrogen-bond donors (Lipinski definition) is 2. The van der Waals surface area contributed by atoms with Gasteiger partial charge in [-0.1, -0.05) is 11.8 Å². The molecule has 0 atom stereocenters. The number of aliphatic imine (C=N–C) groups is 1. The van der Waals surface area contributed by atoms with Gasteiger partial charge < -0.3 is 10.6 Å². The zero-order valence-corrected chi connectivity index (χ0v) is 11.8. The Labute approximate surface area is 124 Å². The standard InChI is InChI=1S/C13H13F2N3O2S/c14-8-1-2-9(10(15)7-8)12(20)16-4-3-11(19)18-13-17-5-6-21-13/h1-2,7H,3-6H2,(H,16,20)(H,17,18,19). The molecule has 1 aromatic carbocycles. The van der Waals surface area contributed by atoms with Gasteiger partial charge in [0, 0.05) is 24.8 Å². The van der Waals surface area contributed by atoms with E-state index in [0.717, 1.165) is 17.9 Å². The highest BCUT2D eigenvalue weighted by molar-refractivity contribution is 8.14. The Bertz CT molecular complexity index is 593. The molecule has 5 nitrogen and oxygen atoms in total. The van der Waals surface area contributed by atoms with E-state index in [0.29, 0.717) is 17.8 Å². The van der Waals surface area contributed by atoms with Crippen molar-refractivity contribution in [1.29, 1.82) is 0 Å². The summed E-state index contributed by atoms with van der Waals surface area (Å²) in [6.07, 6.45) is 0.0497. The molecule has 8 heteroatoms. The van der Waals surface area contributed by atoms with Crippen LogP contribution in [0.25, 0.3) is 0 Å². The summed E-state index contributed by atoms with van der Waals surface area (Å²) in [7, 11) is 0. The number of halogens is 2. The van der Waals surface area contributed by atoms with E-state index in [4.69, 9.17) is 0 Å². The second kappa shape index (κ2) is 7.16. The second-order valence-electron chi connectivity index (χ2n) is 4.21. The molecule has 0 bridgehead atoms. The van der Waals surface area contributed by atoms with Crippen molar-refractivity contribution in [3.05, 3.63) is 35.4 Å². The van der Waals surface area contributed by atoms with Crippen molar-refractivity contribution in [3.8, 4) is 0 Å². The second-order valence-corrected chi connectivity index (χ2v) is 5.30. The van der Waals surface area contributed by atoms with Gasteiger partial charge in [-0.15, -0.1) is 0 Å². The highest BCUT2D eigenvalue weighted by Crippen LogP contribution is 2.10. The predicted molar refractivity (Wildman–Crippen MR) is 76.2 cm³/mol. The maximum absolute atomic E-state index is 13.4. The van der Waals surface area contributed by atoms with Crippen molar-refractivity contribution in [2.45, 2.75) is 6.42 Å². The normalized spacial score (nSPS) is 13.7. The van der Waals surface area contributed by atoms with Gasteiger partial charge in [0.1, 0.15) is 11.6 Å². The molecule has 0 unspecified atom stereocenters. The average molecular weight is 313 g/mol. The van der Waals surface area contributed by atoms with E-state index in [2.05, 4.69) is 15.6 Å². The fourth-order valence-electron chi connectivity index (χ4n) is 1.65. The number of thioether (sulfide) groups is 1. The number of nitrogens with one attached hydrogen (secondary N) is 2. The largest absolute Gasteiger partial charge is 0.351 e. The van der Waals surface area contributed by atoms with Crippen molar-refractivity contribution in [2.75, 3.05) is 18.8 Å². The summed E-state index contributed by atoms with van der Waals surface area (Å²) >= 11 is 1.46. The average Bonchev–Trinajstić information content (AvgIpc) is 2.91. The zero-order valence-electron chi connectivity index (χ0n) is 11.0. The first-order valence-corrected chi connectivity index (χ1v) is 7.25. The molecular weight excluding hydrogens is 300 g/mol. The van der Waals surface area contributed by atoms with Crippen LogP contribution in [-0.2, 0) is 4.79 Å². The van der Waals surface area contributed by atoms with E-state index in [-0.39, 0.29) is 24.4 Å². The van der Waals surface area contributed by atoms with Gasteiger partial charge in [-0.2, -0.15) is 0 Å². The molecule has 0 radical (unpaired) electrons. The molecule has 1 aliphatic rings. The van der Waals surface area contributed by atoms with Gasteiger partial charge in [-0.3, -0.25) is 14.6 Å². The maximum Gasteiger partial charge on any atom is 0.254 e. The molecule has 1 aliphatic heterocycles. The Balaban J connectivity index is 1.77. The molecule has 0 aliphatic carbocycles. The van der Waals surface area contributed by atoms with E-state index < -0.39 is 17.5 Å². The lowest BCUT2D eigenvalue weighted by atomic mass is 10.2. The van der Waals surface area contributed by atoms with E-state index in [1.165, 1.54) is 11.8 Å². The van der Waals surface area contributed by atoms with Gasteiger partial charge >= 0.3 is 0 Å². The van der Waals surface area contributed by atoms with Crippen LogP contribution < -0.4 is 10.6 Å². The molecule has 2 rings (SSSR count). The van der Waals surface area contributed by atoms with Crippen molar-refractivity contribution < 1.29 is 18.4 Å². The number of benzene rings is 1. The van der Waals surface area contributed by atoms with Crippen molar-refractivity contribution in [1.82, 2.24) is 10.6 Å². The summed E-state index contributed by atoms with van der Waals surface area (Å²) in [6, 6.07) is 2.70. The third kappa shape index (κ3) is 4.52. The molecule has 112 valence electrons. The van der Waals surface area contributed by atoms with Gasteiger partial charge in [-0.25, -0.2) is 8.78 Å².